The van der Waals surface area contributed by atoms with Gasteiger partial charge >= 0.3 is 0 Å². The molecule has 192 valence electrons. The summed E-state index contributed by atoms with van der Waals surface area (Å²) in [5.74, 6) is 0.880. The molecule has 8 heteroatoms. The number of carbonyl (C=O) groups is 2. The Bertz CT molecular complexity index is 1280. The summed E-state index contributed by atoms with van der Waals surface area (Å²) in [6, 6.07) is 7.88. The number of rotatable bonds is 9. The third-order valence-corrected chi connectivity index (χ3v) is 7.61. The Morgan fingerprint density at radius 1 is 1.28 bits per heavy atom. The number of carbonyl (C=O) groups excluding carboxylic acids is 2. The average molecular weight is 493 g/mol. The zero-order chi connectivity index (χ0) is 25.9. The number of para-hydroxylation sites is 1. The van der Waals surface area contributed by atoms with Crippen LogP contribution in [0.3, 0.4) is 0 Å². The van der Waals surface area contributed by atoms with Crippen molar-refractivity contribution in [2.45, 2.75) is 46.5 Å². The van der Waals surface area contributed by atoms with E-state index in [1.165, 1.54) is 0 Å². The fourth-order valence-corrected chi connectivity index (χ4v) is 4.97. The molecule has 0 saturated carbocycles. The fraction of sp³-hybridized carbons (Fsp3) is 0.500. The van der Waals surface area contributed by atoms with Crippen LogP contribution < -0.4 is 5.32 Å². The van der Waals surface area contributed by atoms with Crippen LogP contribution in [0.25, 0.3) is 22.1 Å². The maximum absolute atomic E-state index is 12.7. The van der Waals surface area contributed by atoms with E-state index in [-0.39, 0.29) is 23.1 Å². The second-order valence-corrected chi connectivity index (χ2v) is 9.93. The molecule has 1 N–H and O–H groups in total. The van der Waals surface area contributed by atoms with Crippen LogP contribution in [0.1, 0.15) is 44.6 Å². The van der Waals surface area contributed by atoms with Gasteiger partial charge in [0.25, 0.3) is 0 Å². The smallest absolute Gasteiger partial charge is 0.246 e. The number of furan rings is 1. The summed E-state index contributed by atoms with van der Waals surface area (Å²) in [5.41, 5.74) is 3.53. The van der Waals surface area contributed by atoms with E-state index in [4.69, 9.17) is 14.1 Å². The van der Waals surface area contributed by atoms with Gasteiger partial charge < -0.3 is 19.4 Å². The monoisotopic (exact) mass is 492 g/mol. The van der Waals surface area contributed by atoms with Crippen molar-refractivity contribution in [1.82, 2.24) is 20.2 Å². The van der Waals surface area contributed by atoms with Crippen LogP contribution in [-0.4, -0.2) is 60.0 Å². The SMILES string of the molecule is C=C(C(=O)NC)C1(C)CCN(C(=O)CCOCCCc2nc(C)c3oc4ccccc4c3n2)CC1C. The summed E-state index contributed by atoms with van der Waals surface area (Å²) in [6.07, 6.45) is 2.54. The minimum atomic E-state index is -0.306. The molecule has 8 nitrogen and oxygen atoms in total. The minimum absolute atomic E-state index is 0.0886. The first-order chi connectivity index (χ1) is 17.2. The zero-order valence-corrected chi connectivity index (χ0v) is 21.7. The number of benzene rings is 1. The molecule has 1 aromatic carbocycles. The second-order valence-electron chi connectivity index (χ2n) is 9.93. The summed E-state index contributed by atoms with van der Waals surface area (Å²) in [6.45, 7) is 12.3. The van der Waals surface area contributed by atoms with Crippen LogP contribution in [0.2, 0.25) is 0 Å². The molecule has 1 saturated heterocycles. The molecule has 0 radical (unpaired) electrons. The Hall–Kier alpha value is -3.26. The van der Waals surface area contributed by atoms with Crippen molar-refractivity contribution in [2.24, 2.45) is 11.3 Å². The molecule has 36 heavy (non-hydrogen) atoms. The van der Waals surface area contributed by atoms with Crippen LogP contribution in [0.5, 0.6) is 0 Å². The molecule has 2 unspecified atom stereocenters. The maximum atomic E-state index is 12.7. The summed E-state index contributed by atoms with van der Waals surface area (Å²) in [7, 11) is 1.62. The van der Waals surface area contributed by atoms with Gasteiger partial charge in [0, 0.05) is 49.5 Å². The number of hydrogen-bond acceptors (Lipinski definition) is 6. The number of aryl methyl sites for hydroxylation is 2. The van der Waals surface area contributed by atoms with Crippen molar-refractivity contribution in [3.05, 3.63) is 47.9 Å². The Labute approximate surface area is 212 Å². The van der Waals surface area contributed by atoms with Crippen molar-refractivity contribution in [2.75, 3.05) is 33.4 Å². The Kier molecular flexibility index (Phi) is 7.73. The number of aromatic nitrogens is 2. The van der Waals surface area contributed by atoms with Crippen LogP contribution in [-0.2, 0) is 20.7 Å². The van der Waals surface area contributed by atoms with Crippen LogP contribution in [0.4, 0.5) is 0 Å². The Morgan fingerprint density at radius 2 is 2.06 bits per heavy atom. The highest BCUT2D eigenvalue weighted by Crippen LogP contribution is 2.42. The highest BCUT2D eigenvalue weighted by Gasteiger charge is 2.41. The van der Waals surface area contributed by atoms with Crippen LogP contribution in [0, 0.1) is 18.3 Å². The van der Waals surface area contributed by atoms with Gasteiger partial charge in [-0.25, -0.2) is 9.97 Å². The van der Waals surface area contributed by atoms with Gasteiger partial charge in [0.1, 0.15) is 16.9 Å². The first-order valence-electron chi connectivity index (χ1n) is 12.7. The van der Waals surface area contributed by atoms with Gasteiger partial charge in [0.05, 0.1) is 18.7 Å². The largest absolute Gasteiger partial charge is 0.452 e. The quantitative estimate of drug-likeness (QED) is 0.355. The molecule has 2 aromatic heterocycles. The minimum Gasteiger partial charge on any atom is -0.452 e. The van der Waals surface area contributed by atoms with Crippen molar-refractivity contribution in [3.8, 4) is 0 Å². The molecule has 0 spiro atoms. The van der Waals surface area contributed by atoms with Crippen LogP contribution in [0.15, 0.2) is 40.8 Å². The van der Waals surface area contributed by atoms with Gasteiger partial charge in [-0.3, -0.25) is 9.59 Å². The molecule has 2 amide bonds. The molecule has 2 atom stereocenters. The fourth-order valence-electron chi connectivity index (χ4n) is 4.97. The first-order valence-corrected chi connectivity index (χ1v) is 12.7. The summed E-state index contributed by atoms with van der Waals surface area (Å²) in [5, 5.41) is 3.66. The number of nitrogens with one attached hydrogen (secondary N) is 1. The van der Waals surface area contributed by atoms with E-state index in [0.29, 0.717) is 44.7 Å². The van der Waals surface area contributed by atoms with Crippen molar-refractivity contribution >= 4 is 33.9 Å². The maximum Gasteiger partial charge on any atom is 0.246 e. The van der Waals surface area contributed by atoms with Crippen molar-refractivity contribution in [1.29, 1.82) is 0 Å². The van der Waals surface area contributed by atoms with E-state index in [2.05, 4.69) is 30.7 Å². The molecule has 3 aromatic rings. The van der Waals surface area contributed by atoms with Gasteiger partial charge in [-0.2, -0.15) is 0 Å². The second kappa shape index (κ2) is 10.8. The van der Waals surface area contributed by atoms with Crippen LogP contribution >= 0.6 is 0 Å². The van der Waals surface area contributed by atoms with Gasteiger partial charge in [0.2, 0.25) is 11.8 Å². The molecule has 0 aliphatic carbocycles. The predicted octanol–water partition coefficient (Wildman–Crippen LogP) is 4.20. The van der Waals surface area contributed by atoms with E-state index >= 15 is 0 Å². The van der Waals surface area contributed by atoms with Crippen molar-refractivity contribution < 1.29 is 18.7 Å². The Balaban J connectivity index is 1.21. The highest BCUT2D eigenvalue weighted by molar-refractivity contribution is 6.02. The highest BCUT2D eigenvalue weighted by atomic mass is 16.5. The lowest BCUT2D eigenvalue weighted by Crippen LogP contribution is -2.49. The van der Waals surface area contributed by atoms with Gasteiger partial charge in [0.15, 0.2) is 5.58 Å². The van der Waals surface area contributed by atoms with E-state index in [9.17, 15) is 9.59 Å². The number of likely N-dealkylation sites (N-methyl/N-ethyl adjacent to an activating group) is 1. The molecule has 4 rings (SSSR count). The van der Waals surface area contributed by atoms with E-state index in [1.54, 1.807) is 7.05 Å². The molecule has 1 aliphatic heterocycles. The van der Waals surface area contributed by atoms with Crippen molar-refractivity contribution in [3.63, 3.8) is 0 Å². The number of amides is 2. The van der Waals surface area contributed by atoms with Gasteiger partial charge in [-0.05, 0) is 37.8 Å². The standard InChI is InChI=1S/C28H36N4O4/c1-18-17-32(14-13-28(18,4)19(2)27(34)29-5)24(33)12-16-35-15-8-11-23-30-20(3)26-25(31-23)21-9-6-7-10-22(21)36-26/h6-7,9-10,18H,2,8,11-17H2,1,3-5H3,(H,29,34). The van der Waals surface area contributed by atoms with Gasteiger partial charge in [-0.1, -0.05) is 32.6 Å². The topological polar surface area (TPSA) is 97.6 Å². The molecular weight excluding hydrogens is 456 g/mol. The van der Waals surface area contributed by atoms with E-state index in [1.807, 2.05) is 36.1 Å². The molecule has 1 aliphatic rings. The summed E-state index contributed by atoms with van der Waals surface area (Å²) in [4.78, 5) is 36.0. The predicted molar refractivity (Wildman–Crippen MR) is 139 cm³/mol. The third kappa shape index (κ3) is 5.14. The lowest BCUT2D eigenvalue weighted by atomic mass is 9.67. The lowest BCUT2D eigenvalue weighted by Gasteiger charge is -2.45. The average Bonchev–Trinajstić information content (AvgIpc) is 3.26. The number of fused-ring (bicyclic) bond motifs is 3. The number of likely N-dealkylation sites (tertiary alicyclic amines) is 1. The Morgan fingerprint density at radius 3 is 2.81 bits per heavy atom. The van der Waals surface area contributed by atoms with E-state index < -0.39 is 0 Å². The normalized spacial score (nSPS) is 20.1. The zero-order valence-electron chi connectivity index (χ0n) is 21.7. The van der Waals surface area contributed by atoms with Gasteiger partial charge in [-0.15, -0.1) is 0 Å². The summed E-state index contributed by atoms with van der Waals surface area (Å²) < 4.78 is 11.7. The molecular formula is C28H36N4O4. The number of ether oxygens (including phenoxy) is 1. The molecule has 1 fully saturated rings. The first kappa shape index (κ1) is 25.8. The number of hydrogen-bond donors (Lipinski definition) is 1. The molecule has 0 bridgehead atoms. The number of nitrogens with zero attached hydrogens (tertiary/aromatic N) is 3. The molecule has 3 heterocycles. The number of piperidine rings is 1. The third-order valence-electron chi connectivity index (χ3n) is 7.61. The summed E-state index contributed by atoms with van der Waals surface area (Å²) >= 11 is 0. The van der Waals surface area contributed by atoms with E-state index in [0.717, 1.165) is 46.4 Å². The lowest BCUT2D eigenvalue weighted by molar-refractivity contribution is -0.135.